The van der Waals surface area contributed by atoms with E-state index in [4.69, 9.17) is 0 Å². The number of hydrogen-bond donors (Lipinski definition) is 2. The van der Waals surface area contributed by atoms with Gasteiger partial charge in [-0.2, -0.15) is 0 Å². The van der Waals surface area contributed by atoms with E-state index in [0.29, 0.717) is 12.0 Å². The van der Waals surface area contributed by atoms with Gasteiger partial charge in [-0.1, -0.05) is 30.3 Å². The molecule has 0 saturated carbocycles. The quantitative estimate of drug-likeness (QED) is 0.869. The summed E-state index contributed by atoms with van der Waals surface area (Å²) in [4.78, 5) is 16.1. The molecule has 0 aliphatic rings. The lowest BCUT2D eigenvalue weighted by Gasteiger charge is -2.16. The molecule has 2 rings (SSSR count). The van der Waals surface area contributed by atoms with Gasteiger partial charge in [0.25, 0.3) is 5.91 Å². The van der Waals surface area contributed by atoms with Crippen molar-refractivity contribution < 1.29 is 9.90 Å². The molecule has 20 heavy (non-hydrogen) atoms. The van der Waals surface area contributed by atoms with E-state index in [1.807, 2.05) is 37.3 Å². The Morgan fingerprint density at radius 3 is 2.70 bits per heavy atom. The number of aliphatic hydroxyl groups excluding tert-OH is 1. The molecule has 0 saturated heterocycles. The Balaban J connectivity index is 2.01. The van der Waals surface area contributed by atoms with Crippen LogP contribution in [0.2, 0.25) is 0 Å². The molecule has 0 fully saturated rings. The minimum atomic E-state index is -0.301. The van der Waals surface area contributed by atoms with Crippen LogP contribution in [0.4, 0.5) is 0 Å². The van der Waals surface area contributed by atoms with Crippen molar-refractivity contribution in [3.8, 4) is 0 Å². The molecule has 1 heterocycles. The summed E-state index contributed by atoms with van der Waals surface area (Å²) in [5.41, 5.74) is 2.52. The van der Waals surface area contributed by atoms with Crippen molar-refractivity contribution in [2.45, 2.75) is 19.4 Å². The van der Waals surface area contributed by atoms with Gasteiger partial charge < -0.3 is 10.4 Å². The molecule has 1 aromatic heterocycles. The molecule has 1 unspecified atom stereocenters. The first-order chi connectivity index (χ1) is 9.69. The maximum absolute atomic E-state index is 12.1. The van der Waals surface area contributed by atoms with Gasteiger partial charge in [-0.25, -0.2) is 0 Å². The van der Waals surface area contributed by atoms with Gasteiger partial charge >= 0.3 is 0 Å². The van der Waals surface area contributed by atoms with E-state index in [-0.39, 0.29) is 18.6 Å². The van der Waals surface area contributed by atoms with Crippen LogP contribution in [-0.4, -0.2) is 28.6 Å². The molecule has 2 aromatic rings. The highest BCUT2D eigenvalue weighted by atomic mass is 16.3. The summed E-state index contributed by atoms with van der Waals surface area (Å²) in [6.45, 7) is 1.79. The maximum atomic E-state index is 12.1. The van der Waals surface area contributed by atoms with E-state index < -0.39 is 0 Å². The summed E-state index contributed by atoms with van der Waals surface area (Å²) < 4.78 is 0. The molecule has 104 valence electrons. The predicted molar refractivity (Wildman–Crippen MR) is 77.5 cm³/mol. The summed E-state index contributed by atoms with van der Waals surface area (Å²) >= 11 is 0. The Morgan fingerprint density at radius 2 is 2.05 bits per heavy atom. The van der Waals surface area contributed by atoms with Crippen LogP contribution in [0.15, 0.2) is 48.8 Å². The third-order valence-corrected chi connectivity index (χ3v) is 3.02. The number of nitrogens with zero attached hydrogens (tertiary/aromatic N) is 1. The van der Waals surface area contributed by atoms with Crippen LogP contribution < -0.4 is 5.32 Å². The zero-order chi connectivity index (χ0) is 14.4. The van der Waals surface area contributed by atoms with Crippen molar-refractivity contribution in [2.75, 3.05) is 6.61 Å². The van der Waals surface area contributed by atoms with Gasteiger partial charge in [0, 0.05) is 12.4 Å². The molecule has 1 aromatic carbocycles. The lowest BCUT2D eigenvalue weighted by atomic mass is 10.1. The zero-order valence-corrected chi connectivity index (χ0v) is 11.4. The highest BCUT2D eigenvalue weighted by Gasteiger charge is 2.13. The average molecular weight is 270 g/mol. The van der Waals surface area contributed by atoms with E-state index in [9.17, 15) is 9.90 Å². The van der Waals surface area contributed by atoms with E-state index >= 15 is 0 Å². The summed E-state index contributed by atoms with van der Waals surface area (Å²) in [5.74, 6) is -0.212. The summed E-state index contributed by atoms with van der Waals surface area (Å²) in [6.07, 6.45) is 3.83. The molecule has 4 heteroatoms. The van der Waals surface area contributed by atoms with Crippen molar-refractivity contribution in [1.82, 2.24) is 10.3 Å². The molecular formula is C16H18N2O2. The van der Waals surface area contributed by atoms with Crippen molar-refractivity contribution in [3.63, 3.8) is 0 Å². The first-order valence-electron chi connectivity index (χ1n) is 6.56. The van der Waals surface area contributed by atoms with Crippen LogP contribution >= 0.6 is 0 Å². The van der Waals surface area contributed by atoms with Gasteiger partial charge in [-0.15, -0.1) is 0 Å². The minimum absolute atomic E-state index is 0.0973. The molecular weight excluding hydrogens is 252 g/mol. The summed E-state index contributed by atoms with van der Waals surface area (Å²) in [6, 6.07) is 11.2. The Bertz CT molecular complexity index is 570. The molecule has 0 spiro atoms. The van der Waals surface area contributed by atoms with Crippen LogP contribution in [0.25, 0.3) is 0 Å². The van der Waals surface area contributed by atoms with Crippen molar-refractivity contribution >= 4 is 5.91 Å². The predicted octanol–water partition coefficient (Wildman–Crippen LogP) is 1.72. The third kappa shape index (κ3) is 3.90. The molecule has 1 amide bonds. The van der Waals surface area contributed by atoms with E-state index in [1.54, 1.807) is 12.3 Å². The number of nitrogens with one attached hydrogen (secondary N) is 1. The lowest BCUT2D eigenvalue weighted by Crippen LogP contribution is -2.39. The fraction of sp³-hybridized carbons (Fsp3) is 0.250. The fourth-order valence-corrected chi connectivity index (χ4v) is 2.01. The average Bonchev–Trinajstić information content (AvgIpc) is 2.47. The maximum Gasteiger partial charge on any atom is 0.253 e. The first kappa shape index (κ1) is 14.2. The van der Waals surface area contributed by atoms with Gasteiger partial charge in [0.05, 0.1) is 18.2 Å². The number of hydrogen-bond acceptors (Lipinski definition) is 3. The Morgan fingerprint density at radius 1 is 1.30 bits per heavy atom. The molecule has 0 radical (unpaired) electrons. The number of carbonyl (C=O) groups excluding carboxylic acids is 1. The number of pyridine rings is 1. The molecule has 1 atom stereocenters. The topological polar surface area (TPSA) is 62.2 Å². The summed E-state index contributed by atoms with van der Waals surface area (Å²) in [5, 5.41) is 12.2. The minimum Gasteiger partial charge on any atom is -0.394 e. The van der Waals surface area contributed by atoms with Crippen LogP contribution in [0.3, 0.4) is 0 Å². The Hall–Kier alpha value is -2.20. The number of aromatic nitrogens is 1. The molecule has 0 aliphatic carbocycles. The normalized spacial score (nSPS) is 11.9. The second-order valence-corrected chi connectivity index (χ2v) is 4.79. The molecule has 2 N–H and O–H groups in total. The van der Waals surface area contributed by atoms with Crippen molar-refractivity contribution in [1.29, 1.82) is 0 Å². The standard InChI is InChI=1S/C16H18N2O2/c1-12-7-14(10-17-9-12)16(20)18-15(11-19)8-13-5-3-2-4-6-13/h2-7,9-10,15,19H,8,11H2,1H3,(H,18,20). The van der Waals surface area contributed by atoms with Crippen molar-refractivity contribution in [3.05, 3.63) is 65.5 Å². The Labute approximate surface area is 118 Å². The second-order valence-electron chi connectivity index (χ2n) is 4.79. The number of carbonyl (C=O) groups is 1. The Kier molecular flexibility index (Phi) is 4.85. The number of benzene rings is 1. The zero-order valence-electron chi connectivity index (χ0n) is 11.4. The van der Waals surface area contributed by atoms with Crippen LogP contribution in [0.1, 0.15) is 21.5 Å². The summed E-state index contributed by atoms with van der Waals surface area (Å²) in [7, 11) is 0. The molecule has 4 nitrogen and oxygen atoms in total. The van der Waals surface area contributed by atoms with E-state index in [1.165, 1.54) is 6.20 Å². The first-order valence-corrected chi connectivity index (χ1v) is 6.56. The third-order valence-electron chi connectivity index (χ3n) is 3.02. The van der Waals surface area contributed by atoms with E-state index in [0.717, 1.165) is 11.1 Å². The van der Waals surface area contributed by atoms with Crippen LogP contribution in [-0.2, 0) is 6.42 Å². The largest absolute Gasteiger partial charge is 0.394 e. The highest BCUT2D eigenvalue weighted by Crippen LogP contribution is 2.05. The number of aryl methyl sites for hydroxylation is 1. The van der Waals surface area contributed by atoms with Gasteiger partial charge in [0.1, 0.15) is 0 Å². The van der Waals surface area contributed by atoms with Gasteiger partial charge in [0.15, 0.2) is 0 Å². The van der Waals surface area contributed by atoms with Crippen LogP contribution in [0, 0.1) is 6.92 Å². The molecule has 0 bridgehead atoms. The number of rotatable bonds is 5. The highest BCUT2D eigenvalue weighted by molar-refractivity contribution is 5.94. The fourth-order valence-electron chi connectivity index (χ4n) is 2.01. The van der Waals surface area contributed by atoms with Crippen LogP contribution in [0.5, 0.6) is 0 Å². The van der Waals surface area contributed by atoms with Gasteiger partial charge in [0.2, 0.25) is 0 Å². The number of aliphatic hydroxyl groups is 1. The van der Waals surface area contributed by atoms with Crippen molar-refractivity contribution in [2.24, 2.45) is 0 Å². The monoisotopic (exact) mass is 270 g/mol. The SMILES string of the molecule is Cc1cncc(C(=O)NC(CO)Cc2ccccc2)c1. The van der Waals surface area contributed by atoms with E-state index in [2.05, 4.69) is 10.3 Å². The number of amides is 1. The second kappa shape index (κ2) is 6.82. The molecule has 0 aliphatic heterocycles. The lowest BCUT2D eigenvalue weighted by molar-refractivity contribution is 0.0916. The van der Waals surface area contributed by atoms with Gasteiger partial charge in [-0.3, -0.25) is 9.78 Å². The van der Waals surface area contributed by atoms with Gasteiger partial charge in [-0.05, 0) is 30.5 Å². The smallest absolute Gasteiger partial charge is 0.253 e.